The van der Waals surface area contributed by atoms with Gasteiger partial charge in [-0.1, -0.05) is 36.4 Å². The minimum atomic E-state index is -0.896. The monoisotopic (exact) mass is 486 g/mol. The molecule has 1 atom stereocenters. The molecule has 4 aromatic rings. The van der Waals surface area contributed by atoms with Gasteiger partial charge in [0.25, 0.3) is 0 Å². The van der Waals surface area contributed by atoms with Crippen molar-refractivity contribution in [1.29, 1.82) is 0 Å². The van der Waals surface area contributed by atoms with Crippen molar-refractivity contribution in [2.24, 2.45) is 11.7 Å². The van der Waals surface area contributed by atoms with Gasteiger partial charge in [0, 0.05) is 42.1 Å². The number of nitrogens with one attached hydrogen (secondary N) is 1. The van der Waals surface area contributed by atoms with Crippen LogP contribution in [0, 0.1) is 5.92 Å². The summed E-state index contributed by atoms with van der Waals surface area (Å²) in [5.41, 5.74) is 12.3. The first-order valence-corrected chi connectivity index (χ1v) is 12.2. The standard InChI is InChI=1S/C29H30N2O5/c30-14-19-4-3-6-21(10-19)23-11-25-24(17-35-27-7-2-1-5-22(27)13-28(32)33)18-36-29(25)26(12-23)31-15-20-8-9-34-16-20/h1-7,10-12,18,20,31H,8-9,13-17,30H2,(H,32,33). The number of hydrogen-bond acceptors (Lipinski definition) is 6. The summed E-state index contributed by atoms with van der Waals surface area (Å²) in [5.74, 6) is 0.126. The highest BCUT2D eigenvalue weighted by Crippen LogP contribution is 2.35. The van der Waals surface area contributed by atoms with Crippen LogP contribution >= 0.6 is 0 Å². The molecule has 186 valence electrons. The van der Waals surface area contributed by atoms with E-state index in [2.05, 4.69) is 29.6 Å². The van der Waals surface area contributed by atoms with Crippen molar-refractivity contribution in [3.63, 3.8) is 0 Å². The Morgan fingerprint density at radius 2 is 1.97 bits per heavy atom. The van der Waals surface area contributed by atoms with Crippen LogP contribution in [-0.2, 0) is 29.1 Å². The number of para-hydroxylation sites is 1. The molecule has 7 nitrogen and oxygen atoms in total. The van der Waals surface area contributed by atoms with Gasteiger partial charge in [-0.2, -0.15) is 0 Å². The summed E-state index contributed by atoms with van der Waals surface area (Å²) >= 11 is 0. The predicted octanol–water partition coefficient (Wildman–Crippen LogP) is 5.21. The first-order valence-electron chi connectivity index (χ1n) is 12.2. The van der Waals surface area contributed by atoms with Gasteiger partial charge >= 0.3 is 5.97 Å². The highest BCUT2D eigenvalue weighted by molar-refractivity contribution is 5.96. The number of nitrogens with two attached hydrogens (primary N) is 1. The first-order chi connectivity index (χ1) is 17.6. The lowest BCUT2D eigenvalue weighted by molar-refractivity contribution is -0.136. The van der Waals surface area contributed by atoms with Crippen LogP contribution in [0.1, 0.15) is 23.1 Å². The highest BCUT2D eigenvalue weighted by Gasteiger charge is 2.18. The second kappa shape index (κ2) is 10.8. The fraction of sp³-hybridized carbons (Fsp3) is 0.276. The zero-order valence-electron chi connectivity index (χ0n) is 20.0. The van der Waals surface area contributed by atoms with Crippen molar-refractivity contribution in [2.75, 3.05) is 25.1 Å². The smallest absolute Gasteiger partial charge is 0.307 e. The number of ether oxygens (including phenoxy) is 2. The van der Waals surface area contributed by atoms with E-state index in [0.717, 1.165) is 65.1 Å². The zero-order chi connectivity index (χ0) is 24.9. The number of carbonyl (C=O) groups is 1. The molecule has 3 aromatic carbocycles. The molecule has 7 heteroatoms. The van der Waals surface area contributed by atoms with Crippen LogP contribution < -0.4 is 15.8 Å². The maximum atomic E-state index is 11.2. The second-order valence-electron chi connectivity index (χ2n) is 9.14. The van der Waals surface area contributed by atoms with E-state index < -0.39 is 5.97 Å². The number of furan rings is 1. The fourth-order valence-corrected chi connectivity index (χ4v) is 4.58. The van der Waals surface area contributed by atoms with E-state index in [1.807, 2.05) is 24.3 Å². The van der Waals surface area contributed by atoms with E-state index in [0.29, 0.717) is 23.8 Å². The second-order valence-corrected chi connectivity index (χ2v) is 9.14. The van der Waals surface area contributed by atoms with Gasteiger partial charge in [-0.15, -0.1) is 0 Å². The molecule has 1 saturated heterocycles. The van der Waals surface area contributed by atoms with Crippen LogP contribution in [-0.4, -0.2) is 30.8 Å². The normalized spacial score (nSPS) is 15.3. The number of fused-ring (bicyclic) bond motifs is 1. The lowest BCUT2D eigenvalue weighted by atomic mass is 9.99. The van der Waals surface area contributed by atoms with Gasteiger partial charge in [0.2, 0.25) is 0 Å². The first kappa shape index (κ1) is 23.9. The van der Waals surface area contributed by atoms with E-state index >= 15 is 0 Å². The molecule has 1 unspecified atom stereocenters. The Morgan fingerprint density at radius 3 is 2.78 bits per heavy atom. The van der Waals surface area contributed by atoms with Gasteiger partial charge < -0.3 is 30.0 Å². The van der Waals surface area contributed by atoms with Gasteiger partial charge in [-0.25, -0.2) is 0 Å². The van der Waals surface area contributed by atoms with Crippen LogP contribution in [0.5, 0.6) is 5.75 Å². The molecule has 1 aliphatic heterocycles. The number of anilines is 1. The number of hydrogen-bond donors (Lipinski definition) is 3. The Kier molecular flexibility index (Phi) is 7.21. The molecule has 0 saturated carbocycles. The topological polar surface area (TPSA) is 107 Å². The minimum absolute atomic E-state index is 0.0944. The molecular formula is C29H30N2O5. The minimum Gasteiger partial charge on any atom is -0.488 e. The van der Waals surface area contributed by atoms with Crippen molar-refractivity contribution in [2.45, 2.75) is 26.0 Å². The summed E-state index contributed by atoms with van der Waals surface area (Å²) in [6.45, 7) is 3.10. The third-order valence-electron chi connectivity index (χ3n) is 6.55. The zero-order valence-corrected chi connectivity index (χ0v) is 20.0. The fourth-order valence-electron chi connectivity index (χ4n) is 4.58. The van der Waals surface area contributed by atoms with Crippen molar-refractivity contribution in [1.82, 2.24) is 0 Å². The molecule has 0 bridgehead atoms. The SMILES string of the molecule is NCc1cccc(-c2cc(NCC3CCOC3)c3occ(COc4ccccc4CC(=O)O)c3c2)c1. The third kappa shape index (κ3) is 5.37. The summed E-state index contributed by atoms with van der Waals surface area (Å²) in [6.07, 6.45) is 2.67. The molecule has 0 amide bonds. The number of carboxylic acids is 1. The summed E-state index contributed by atoms with van der Waals surface area (Å²) in [4.78, 5) is 11.2. The Balaban J connectivity index is 1.48. The average molecular weight is 487 g/mol. The molecule has 1 aromatic heterocycles. The molecular weight excluding hydrogens is 456 g/mol. The molecule has 2 heterocycles. The molecule has 1 fully saturated rings. The Hall–Kier alpha value is -3.81. The molecule has 1 aliphatic rings. The largest absolute Gasteiger partial charge is 0.488 e. The number of carboxylic acid groups (broad SMARTS) is 1. The molecule has 36 heavy (non-hydrogen) atoms. The quantitative estimate of drug-likeness (QED) is 0.282. The lowest BCUT2D eigenvalue weighted by Crippen LogP contribution is -2.14. The average Bonchev–Trinajstić information content (AvgIpc) is 3.56. The van der Waals surface area contributed by atoms with Crippen LogP contribution in [0.2, 0.25) is 0 Å². The van der Waals surface area contributed by atoms with E-state index in [9.17, 15) is 9.90 Å². The maximum Gasteiger partial charge on any atom is 0.307 e. The van der Waals surface area contributed by atoms with Gasteiger partial charge in [0.05, 0.1) is 25.0 Å². The maximum absolute atomic E-state index is 11.2. The van der Waals surface area contributed by atoms with Gasteiger partial charge in [-0.3, -0.25) is 4.79 Å². The van der Waals surface area contributed by atoms with E-state index in [-0.39, 0.29) is 13.0 Å². The molecule has 0 spiro atoms. The van der Waals surface area contributed by atoms with Crippen molar-refractivity contribution in [3.8, 4) is 16.9 Å². The predicted molar refractivity (Wildman–Crippen MR) is 139 cm³/mol. The van der Waals surface area contributed by atoms with E-state index in [1.54, 1.807) is 18.4 Å². The Bertz CT molecular complexity index is 1360. The number of aliphatic carboxylic acids is 1. The van der Waals surface area contributed by atoms with Gasteiger partial charge in [-0.05, 0) is 47.4 Å². The lowest BCUT2D eigenvalue weighted by Gasteiger charge is -2.14. The summed E-state index contributed by atoms with van der Waals surface area (Å²) < 4.78 is 17.6. The third-order valence-corrected chi connectivity index (χ3v) is 6.55. The van der Waals surface area contributed by atoms with Gasteiger partial charge in [0.1, 0.15) is 12.4 Å². The van der Waals surface area contributed by atoms with Crippen LogP contribution in [0.3, 0.4) is 0 Å². The van der Waals surface area contributed by atoms with Gasteiger partial charge in [0.15, 0.2) is 5.58 Å². The Morgan fingerprint density at radius 1 is 1.08 bits per heavy atom. The molecule has 0 aliphatic carbocycles. The Labute approximate surface area is 209 Å². The van der Waals surface area contributed by atoms with Crippen LogP contribution in [0.15, 0.2) is 71.3 Å². The highest BCUT2D eigenvalue weighted by atomic mass is 16.5. The van der Waals surface area contributed by atoms with Crippen molar-refractivity contribution in [3.05, 3.63) is 83.6 Å². The number of rotatable bonds is 10. The van der Waals surface area contributed by atoms with E-state index in [4.69, 9.17) is 19.6 Å². The van der Waals surface area contributed by atoms with Crippen molar-refractivity contribution < 1.29 is 23.8 Å². The van der Waals surface area contributed by atoms with Crippen LogP contribution in [0.25, 0.3) is 22.1 Å². The summed E-state index contributed by atoms with van der Waals surface area (Å²) in [7, 11) is 0. The van der Waals surface area contributed by atoms with Crippen LogP contribution in [0.4, 0.5) is 5.69 Å². The molecule has 0 radical (unpaired) electrons. The summed E-state index contributed by atoms with van der Waals surface area (Å²) in [5, 5.41) is 13.8. The summed E-state index contributed by atoms with van der Waals surface area (Å²) in [6, 6.07) is 19.7. The number of benzene rings is 3. The van der Waals surface area contributed by atoms with E-state index in [1.165, 1.54) is 0 Å². The molecule has 4 N–H and O–H groups in total. The van der Waals surface area contributed by atoms with Crippen molar-refractivity contribution >= 4 is 22.6 Å². The molecule has 5 rings (SSSR count).